The van der Waals surface area contributed by atoms with Gasteiger partial charge >= 0.3 is 0 Å². The monoisotopic (exact) mass is 528 g/mol. The average molecular weight is 530 g/mol. The molecule has 3 rings (SSSR count). The van der Waals surface area contributed by atoms with Crippen molar-refractivity contribution in [2.75, 3.05) is 11.1 Å². The summed E-state index contributed by atoms with van der Waals surface area (Å²) in [5, 5.41) is 12.7. The van der Waals surface area contributed by atoms with E-state index in [0.717, 1.165) is 10.2 Å². The zero-order valence-electron chi connectivity index (χ0n) is 16.2. The molecule has 2 aromatic carbocycles. The number of nitrogens with one attached hydrogen (secondary N) is 1. The SMILES string of the molecule is CCn1c(SCC(=O)Nc2c(Cl)cccc2Cl)nnc1C(C)Oc1ccc(Br)cc1. The second-order valence-corrected chi connectivity index (χ2v) is 8.91. The van der Waals surface area contributed by atoms with E-state index in [2.05, 4.69) is 31.4 Å². The number of halogens is 3. The minimum atomic E-state index is -0.302. The van der Waals surface area contributed by atoms with E-state index >= 15 is 0 Å². The predicted molar refractivity (Wildman–Crippen MR) is 125 cm³/mol. The van der Waals surface area contributed by atoms with E-state index in [0.29, 0.717) is 33.3 Å². The summed E-state index contributed by atoms with van der Waals surface area (Å²) in [6.45, 7) is 4.56. The lowest BCUT2D eigenvalue weighted by atomic mass is 10.3. The molecule has 158 valence electrons. The van der Waals surface area contributed by atoms with Gasteiger partial charge in [-0.2, -0.15) is 0 Å². The first-order valence-electron chi connectivity index (χ1n) is 9.11. The van der Waals surface area contributed by atoms with E-state index in [-0.39, 0.29) is 17.8 Å². The van der Waals surface area contributed by atoms with Crippen LogP contribution in [0.25, 0.3) is 0 Å². The molecule has 3 aromatic rings. The molecule has 1 heterocycles. The number of ether oxygens (including phenoxy) is 1. The maximum Gasteiger partial charge on any atom is 0.234 e. The highest BCUT2D eigenvalue weighted by Gasteiger charge is 2.20. The lowest BCUT2D eigenvalue weighted by molar-refractivity contribution is -0.113. The molecule has 0 radical (unpaired) electrons. The van der Waals surface area contributed by atoms with E-state index in [9.17, 15) is 4.79 Å². The van der Waals surface area contributed by atoms with Crippen molar-refractivity contribution in [3.63, 3.8) is 0 Å². The number of anilines is 1. The first-order valence-corrected chi connectivity index (χ1v) is 11.6. The first kappa shape index (κ1) is 22.9. The summed E-state index contributed by atoms with van der Waals surface area (Å²) >= 11 is 16.9. The normalized spacial score (nSPS) is 11.9. The van der Waals surface area contributed by atoms with Gasteiger partial charge in [-0.05, 0) is 50.2 Å². The summed E-state index contributed by atoms with van der Waals surface area (Å²) in [6.07, 6.45) is -0.302. The second-order valence-electron chi connectivity index (χ2n) is 6.23. The summed E-state index contributed by atoms with van der Waals surface area (Å²) < 4.78 is 8.90. The quantitative estimate of drug-likeness (QED) is 0.350. The van der Waals surface area contributed by atoms with Crippen molar-refractivity contribution in [2.24, 2.45) is 0 Å². The van der Waals surface area contributed by atoms with Gasteiger partial charge in [0.2, 0.25) is 5.91 Å². The minimum Gasteiger partial charge on any atom is -0.483 e. The van der Waals surface area contributed by atoms with Gasteiger partial charge in [-0.15, -0.1) is 10.2 Å². The Morgan fingerprint density at radius 1 is 1.20 bits per heavy atom. The standard InChI is InChI=1S/C20H19BrCl2N4O2S/c1-3-27-19(12(2)29-14-9-7-13(21)8-10-14)25-26-20(27)30-11-17(28)24-18-15(22)5-4-6-16(18)23/h4-10,12H,3,11H2,1-2H3,(H,24,28). The fraction of sp³-hybridized carbons (Fsp3) is 0.250. The Kier molecular flexibility index (Phi) is 8.05. The molecule has 0 saturated heterocycles. The van der Waals surface area contributed by atoms with Crippen molar-refractivity contribution >= 4 is 62.5 Å². The summed E-state index contributed by atoms with van der Waals surface area (Å²) in [4.78, 5) is 12.4. The van der Waals surface area contributed by atoms with Gasteiger partial charge in [-0.1, -0.05) is 57.0 Å². The smallest absolute Gasteiger partial charge is 0.234 e. The largest absolute Gasteiger partial charge is 0.483 e. The van der Waals surface area contributed by atoms with Crippen LogP contribution in [0.15, 0.2) is 52.1 Å². The highest BCUT2D eigenvalue weighted by molar-refractivity contribution is 9.10. The van der Waals surface area contributed by atoms with Crippen molar-refractivity contribution in [3.8, 4) is 5.75 Å². The number of amides is 1. The molecule has 10 heteroatoms. The van der Waals surface area contributed by atoms with Crippen LogP contribution < -0.4 is 10.1 Å². The van der Waals surface area contributed by atoms with Crippen molar-refractivity contribution in [2.45, 2.75) is 31.7 Å². The van der Waals surface area contributed by atoms with Crippen LogP contribution in [0.1, 0.15) is 25.8 Å². The molecule has 1 aromatic heterocycles. The lowest BCUT2D eigenvalue weighted by Gasteiger charge is -2.15. The Hall–Kier alpha value is -1.74. The van der Waals surface area contributed by atoms with Crippen molar-refractivity contribution in [1.82, 2.24) is 14.8 Å². The minimum absolute atomic E-state index is 0.141. The molecule has 1 atom stereocenters. The molecule has 30 heavy (non-hydrogen) atoms. The number of aromatic nitrogens is 3. The summed E-state index contributed by atoms with van der Waals surface area (Å²) in [7, 11) is 0. The van der Waals surface area contributed by atoms with Crippen LogP contribution in [0.2, 0.25) is 10.0 Å². The number of rotatable bonds is 8. The van der Waals surface area contributed by atoms with Gasteiger partial charge in [-0.25, -0.2) is 0 Å². The van der Waals surface area contributed by atoms with Crippen LogP contribution in [-0.2, 0) is 11.3 Å². The number of hydrogen-bond acceptors (Lipinski definition) is 5. The Balaban J connectivity index is 1.65. The van der Waals surface area contributed by atoms with Crippen LogP contribution in [-0.4, -0.2) is 26.4 Å². The third kappa shape index (κ3) is 5.69. The number of thioether (sulfide) groups is 1. The van der Waals surface area contributed by atoms with Gasteiger partial charge in [0.15, 0.2) is 17.1 Å². The van der Waals surface area contributed by atoms with Gasteiger partial charge < -0.3 is 14.6 Å². The molecule has 0 fully saturated rings. The van der Waals surface area contributed by atoms with Gasteiger partial charge in [-0.3, -0.25) is 4.79 Å². The fourth-order valence-corrected chi connectivity index (χ4v) is 4.26. The van der Waals surface area contributed by atoms with Gasteiger partial charge in [0.1, 0.15) is 5.75 Å². The maximum atomic E-state index is 12.4. The van der Waals surface area contributed by atoms with Crippen LogP contribution in [0.4, 0.5) is 5.69 Å². The third-order valence-electron chi connectivity index (χ3n) is 4.11. The number of nitrogens with zero attached hydrogens (tertiary/aromatic N) is 3. The van der Waals surface area contributed by atoms with Crippen LogP contribution in [0, 0.1) is 0 Å². The Morgan fingerprint density at radius 2 is 1.87 bits per heavy atom. The van der Waals surface area contributed by atoms with Crippen LogP contribution in [0.3, 0.4) is 0 Å². The highest BCUT2D eigenvalue weighted by atomic mass is 79.9. The molecular formula is C20H19BrCl2N4O2S. The van der Waals surface area contributed by atoms with Crippen LogP contribution in [0.5, 0.6) is 5.75 Å². The maximum absolute atomic E-state index is 12.4. The third-order valence-corrected chi connectivity index (χ3v) is 6.24. The molecule has 0 saturated carbocycles. The number of hydrogen-bond donors (Lipinski definition) is 1. The predicted octanol–water partition coefficient (Wildman–Crippen LogP) is 6.24. The van der Waals surface area contributed by atoms with Gasteiger partial charge in [0.25, 0.3) is 0 Å². The number of para-hydroxylation sites is 1. The topological polar surface area (TPSA) is 69.0 Å². The summed E-state index contributed by atoms with van der Waals surface area (Å²) in [5.41, 5.74) is 0.403. The molecular weight excluding hydrogens is 511 g/mol. The summed E-state index contributed by atoms with van der Waals surface area (Å²) in [5.74, 6) is 1.34. The Bertz CT molecular complexity index is 1010. The highest BCUT2D eigenvalue weighted by Crippen LogP contribution is 2.30. The average Bonchev–Trinajstić information content (AvgIpc) is 3.14. The molecule has 1 N–H and O–H groups in total. The van der Waals surface area contributed by atoms with Crippen molar-refractivity contribution < 1.29 is 9.53 Å². The molecule has 0 aliphatic carbocycles. The van der Waals surface area contributed by atoms with E-state index < -0.39 is 0 Å². The molecule has 1 amide bonds. The van der Waals surface area contributed by atoms with Gasteiger partial charge in [0.05, 0.1) is 21.5 Å². The van der Waals surface area contributed by atoms with E-state index in [4.69, 9.17) is 27.9 Å². The Morgan fingerprint density at radius 3 is 2.50 bits per heavy atom. The van der Waals surface area contributed by atoms with E-state index in [1.807, 2.05) is 42.7 Å². The number of carbonyl (C=O) groups excluding carboxylic acids is 1. The van der Waals surface area contributed by atoms with Crippen molar-refractivity contribution in [3.05, 3.63) is 62.8 Å². The summed E-state index contributed by atoms with van der Waals surface area (Å²) in [6, 6.07) is 12.7. The molecule has 0 aliphatic heterocycles. The zero-order chi connectivity index (χ0) is 21.7. The van der Waals surface area contributed by atoms with Gasteiger partial charge in [0, 0.05) is 11.0 Å². The van der Waals surface area contributed by atoms with E-state index in [1.165, 1.54) is 11.8 Å². The van der Waals surface area contributed by atoms with Crippen LogP contribution >= 0.6 is 50.9 Å². The van der Waals surface area contributed by atoms with Crippen molar-refractivity contribution in [1.29, 1.82) is 0 Å². The Labute approximate surface area is 197 Å². The molecule has 6 nitrogen and oxygen atoms in total. The van der Waals surface area contributed by atoms with E-state index in [1.54, 1.807) is 18.2 Å². The second kappa shape index (κ2) is 10.5. The number of carbonyl (C=O) groups is 1. The lowest BCUT2D eigenvalue weighted by Crippen LogP contribution is -2.16. The first-order chi connectivity index (χ1) is 14.4. The molecule has 0 spiro atoms. The fourth-order valence-electron chi connectivity index (χ4n) is 2.70. The number of benzene rings is 2. The molecule has 1 unspecified atom stereocenters. The zero-order valence-corrected chi connectivity index (χ0v) is 20.1. The molecule has 0 bridgehead atoms. The molecule has 0 aliphatic rings.